The molecule has 1 aromatic carbocycles. The molecule has 0 aliphatic heterocycles. The third-order valence-electron chi connectivity index (χ3n) is 2.30. The molecule has 6 heteroatoms. The summed E-state index contributed by atoms with van der Waals surface area (Å²) in [6.45, 7) is 4.51. The van der Waals surface area contributed by atoms with E-state index in [4.69, 9.17) is 10.5 Å². The summed E-state index contributed by atoms with van der Waals surface area (Å²) < 4.78 is 5.62. The zero-order chi connectivity index (χ0) is 13.0. The number of nitrogens with one attached hydrogen (secondary N) is 2. The quantitative estimate of drug-likeness (QED) is 0.701. The first-order chi connectivity index (χ1) is 8.65. The van der Waals surface area contributed by atoms with Gasteiger partial charge in [0.25, 0.3) is 0 Å². The van der Waals surface area contributed by atoms with Gasteiger partial charge < -0.3 is 15.8 Å². The van der Waals surface area contributed by atoms with Gasteiger partial charge in [-0.05, 0) is 26.0 Å². The Morgan fingerprint density at radius 1 is 1.44 bits per heavy atom. The number of aromatic nitrogens is 3. The Bertz CT molecular complexity index is 495. The maximum absolute atomic E-state index is 5.85. The molecule has 1 heterocycles. The summed E-state index contributed by atoms with van der Waals surface area (Å²) in [5, 5.41) is 9.79. The van der Waals surface area contributed by atoms with Gasteiger partial charge in [-0.1, -0.05) is 0 Å². The summed E-state index contributed by atoms with van der Waals surface area (Å²) in [6, 6.07) is 5.60. The zero-order valence-electron chi connectivity index (χ0n) is 10.5. The summed E-state index contributed by atoms with van der Waals surface area (Å²) >= 11 is 0. The van der Waals surface area contributed by atoms with Gasteiger partial charge in [-0.2, -0.15) is 5.10 Å². The van der Waals surface area contributed by atoms with Crippen LogP contribution in [0, 0.1) is 0 Å². The molecule has 0 unspecified atom stereocenters. The van der Waals surface area contributed by atoms with Crippen LogP contribution < -0.4 is 15.8 Å². The molecule has 0 spiro atoms. The van der Waals surface area contributed by atoms with Crippen LogP contribution >= 0.6 is 0 Å². The highest BCUT2D eigenvalue weighted by Gasteiger charge is 2.05. The number of hydrogen-bond acceptors (Lipinski definition) is 5. The topological polar surface area (TPSA) is 88.8 Å². The van der Waals surface area contributed by atoms with Crippen molar-refractivity contribution in [2.45, 2.75) is 26.5 Å². The molecule has 0 radical (unpaired) electrons. The highest BCUT2D eigenvalue weighted by atomic mass is 16.5. The lowest BCUT2D eigenvalue weighted by atomic mass is 10.2. The van der Waals surface area contributed by atoms with Crippen molar-refractivity contribution >= 4 is 11.4 Å². The van der Waals surface area contributed by atoms with Crippen molar-refractivity contribution in [3.8, 4) is 5.75 Å². The highest BCUT2D eigenvalue weighted by Crippen LogP contribution is 2.26. The van der Waals surface area contributed by atoms with Crippen molar-refractivity contribution in [2.24, 2.45) is 0 Å². The van der Waals surface area contributed by atoms with Crippen LogP contribution in [0.1, 0.15) is 19.7 Å². The second kappa shape index (κ2) is 5.39. The van der Waals surface area contributed by atoms with Crippen molar-refractivity contribution < 1.29 is 4.74 Å². The minimum Gasteiger partial charge on any atom is -0.489 e. The van der Waals surface area contributed by atoms with Crippen LogP contribution in [0.2, 0.25) is 0 Å². The van der Waals surface area contributed by atoms with Crippen LogP contribution in [0.4, 0.5) is 11.4 Å². The van der Waals surface area contributed by atoms with Gasteiger partial charge in [0, 0.05) is 11.8 Å². The molecular weight excluding hydrogens is 230 g/mol. The molecule has 6 nitrogen and oxygen atoms in total. The van der Waals surface area contributed by atoms with Gasteiger partial charge >= 0.3 is 0 Å². The minimum absolute atomic E-state index is 0.0943. The average Bonchev–Trinajstić information content (AvgIpc) is 2.82. The number of aromatic amines is 1. The molecule has 4 N–H and O–H groups in total. The second-order valence-electron chi connectivity index (χ2n) is 4.20. The molecule has 18 heavy (non-hydrogen) atoms. The molecule has 2 rings (SSSR count). The Hall–Kier alpha value is -2.24. The monoisotopic (exact) mass is 247 g/mol. The molecule has 0 saturated carbocycles. The number of benzene rings is 1. The molecule has 0 atom stereocenters. The Kier molecular flexibility index (Phi) is 3.66. The SMILES string of the molecule is CC(C)Oc1cc(NCc2ncn[nH]2)ccc1N. The summed E-state index contributed by atoms with van der Waals surface area (Å²) in [5.74, 6) is 1.46. The van der Waals surface area contributed by atoms with E-state index in [1.807, 2.05) is 32.0 Å². The number of rotatable bonds is 5. The van der Waals surface area contributed by atoms with E-state index in [0.29, 0.717) is 18.0 Å². The number of nitrogens with two attached hydrogens (primary N) is 1. The third kappa shape index (κ3) is 3.13. The average molecular weight is 247 g/mol. The van der Waals surface area contributed by atoms with Crippen LogP contribution in [0.25, 0.3) is 0 Å². The fourth-order valence-electron chi connectivity index (χ4n) is 1.50. The van der Waals surface area contributed by atoms with Crippen LogP contribution in [0.15, 0.2) is 24.5 Å². The van der Waals surface area contributed by atoms with E-state index in [0.717, 1.165) is 11.5 Å². The Morgan fingerprint density at radius 3 is 2.94 bits per heavy atom. The minimum atomic E-state index is 0.0943. The Labute approximate surface area is 106 Å². The lowest BCUT2D eigenvalue weighted by Gasteiger charge is -2.14. The molecule has 0 fully saturated rings. The molecule has 1 aromatic heterocycles. The lowest BCUT2D eigenvalue weighted by molar-refractivity contribution is 0.244. The number of nitrogens with zero attached hydrogens (tertiary/aromatic N) is 2. The molecule has 0 bridgehead atoms. The lowest BCUT2D eigenvalue weighted by Crippen LogP contribution is -2.08. The molecule has 2 aromatic rings. The molecule has 0 aliphatic rings. The van der Waals surface area contributed by atoms with Crippen LogP contribution in [-0.4, -0.2) is 21.3 Å². The predicted molar refractivity (Wildman–Crippen MR) is 70.3 cm³/mol. The van der Waals surface area contributed by atoms with Gasteiger partial charge in [0.1, 0.15) is 17.9 Å². The summed E-state index contributed by atoms with van der Waals surface area (Å²) in [7, 11) is 0. The first kappa shape index (κ1) is 12.2. The maximum Gasteiger partial charge on any atom is 0.144 e. The highest BCUT2D eigenvalue weighted by molar-refractivity contribution is 5.61. The smallest absolute Gasteiger partial charge is 0.144 e. The maximum atomic E-state index is 5.85. The van der Waals surface area contributed by atoms with Gasteiger partial charge in [-0.15, -0.1) is 0 Å². The van der Waals surface area contributed by atoms with E-state index in [-0.39, 0.29) is 6.10 Å². The Morgan fingerprint density at radius 2 is 2.28 bits per heavy atom. The van der Waals surface area contributed by atoms with Crippen LogP contribution in [0.5, 0.6) is 5.75 Å². The zero-order valence-corrected chi connectivity index (χ0v) is 10.5. The van der Waals surface area contributed by atoms with E-state index in [1.165, 1.54) is 6.33 Å². The number of ether oxygens (including phenoxy) is 1. The Balaban J connectivity index is 2.04. The largest absolute Gasteiger partial charge is 0.489 e. The standard InChI is InChI=1S/C12H17N5O/c1-8(2)18-11-5-9(3-4-10(11)13)14-6-12-15-7-16-17-12/h3-5,7-8,14H,6,13H2,1-2H3,(H,15,16,17). The number of anilines is 2. The fourth-order valence-corrected chi connectivity index (χ4v) is 1.50. The van der Waals surface area contributed by atoms with Gasteiger partial charge in [0.15, 0.2) is 0 Å². The third-order valence-corrected chi connectivity index (χ3v) is 2.30. The van der Waals surface area contributed by atoms with Gasteiger partial charge in [-0.3, -0.25) is 5.10 Å². The van der Waals surface area contributed by atoms with Crippen LogP contribution in [-0.2, 0) is 6.54 Å². The summed E-state index contributed by atoms with van der Waals surface area (Å²) in [6.07, 6.45) is 1.57. The van der Waals surface area contributed by atoms with E-state index in [1.54, 1.807) is 0 Å². The molecule has 0 saturated heterocycles. The van der Waals surface area contributed by atoms with Crippen molar-refractivity contribution in [1.82, 2.24) is 15.2 Å². The van der Waals surface area contributed by atoms with E-state index < -0.39 is 0 Å². The first-order valence-electron chi connectivity index (χ1n) is 5.79. The van der Waals surface area contributed by atoms with E-state index in [9.17, 15) is 0 Å². The number of hydrogen-bond donors (Lipinski definition) is 3. The predicted octanol–water partition coefficient (Wildman–Crippen LogP) is 1.79. The summed E-state index contributed by atoms with van der Waals surface area (Å²) in [5.41, 5.74) is 7.41. The van der Waals surface area contributed by atoms with Gasteiger partial charge in [0.05, 0.1) is 18.3 Å². The summed E-state index contributed by atoms with van der Waals surface area (Å²) in [4.78, 5) is 4.03. The van der Waals surface area contributed by atoms with Crippen molar-refractivity contribution in [1.29, 1.82) is 0 Å². The second-order valence-corrected chi connectivity index (χ2v) is 4.20. The van der Waals surface area contributed by atoms with Gasteiger partial charge in [-0.25, -0.2) is 4.98 Å². The molecule has 0 aliphatic carbocycles. The number of H-pyrrole nitrogens is 1. The normalized spacial score (nSPS) is 10.6. The molecule has 96 valence electrons. The molecule has 0 amide bonds. The first-order valence-corrected chi connectivity index (χ1v) is 5.79. The van der Waals surface area contributed by atoms with Crippen molar-refractivity contribution in [2.75, 3.05) is 11.1 Å². The van der Waals surface area contributed by atoms with Gasteiger partial charge in [0.2, 0.25) is 0 Å². The molecular formula is C12H17N5O. The van der Waals surface area contributed by atoms with E-state index in [2.05, 4.69) is 20.5 Å². The van der Waals surface area contributed by atoms with E-state index >= 15 is 0 Å². The van der Waals surface area contributed by atoms with Crippen molar-refractivity contribution in [3.63, 3.8) is 0 Å². The van der Waals surface area contributed by atoms with Crippen molar-refractivity contribution in [3.05, 3.63) is 30.4 Å². The van der Waals surface area contributed by atoms with Crippen LogP contribution in [0.3, 0.4) is 0 Å². The fraction of sp³-hybridized carbons (Fsp3) is 0.333. The number of nitrogen functional groups attached to an aromatic ring is 1.